The maximum atomic E-state index is 4.44. The maximum Gasteiger partial charge on any atom is 0.191 e. The zero-order chi connectivity index (χ0) is 16.2. The molecular weight excluding hydrogens is 417 g/mol. The van der Waals surface area contributed by atoms with Crippen LogP contribution in [-0.2, 0) is 19.5 Å². The second-order valence-electron chi connectivity index (χ2n) is 5.83. The first kappa shape index (κ1) is 18.6. The van der Waals surface area contributed by atoms with Gasteiger partial charge in [-0.15, -0.1) is 24.0 Å². The second kappa shape index (κ2) is 8.41. The van der Waals surface area contributed by atoms with Gasteiger partial charge >= 0.3 is 0 Å². The molecule has 3 rings (SSSR count). The van der Waals surface area contributed by atoms with Crippen LogP contribution >= 0.6 is 24.0 Å². The van der Waals surface area contributed by atoms with Crippen molar-refractivity contribution in [3.8, 4) is 0 Å². The van der Waals surface area contributed by atoms with Crippen molar-refractivity contribution < 1.29 is 0 Å². The van der Waals surface area contributed by atoms with Crippen LogP contribution in [0.1, 0.15) is 29.3 Å². The molecule has 2 aromatic heterocycles. The summed E-state index contributed by atoms with van der Waals surface area (Å²) in [7, 11) is 1.79. The zero-order valence-electron chi connectivity index (χ0n) is 14.3. The lowest BCUT2D eigenvalue weighted by atomic mass is 10.1. The van der Waals surface area contributed by atoms with E-state index in [0.29, 0.717) is 12.6 Å². The minimum Gasteiger partial charge on any atom is -0.352 e. The molecule has 0 saturated carbocycles. The molecule has 1 aliphatic rings. The molecule has 0 spiro atoms. The lowest BCUT2D eigenvalue weighted by Gasteiger charge is -2.25. The monoisotopic (exact) mass is 441 g/mol. The Bertz CT molecular complexity index is 710. The molecular formula is C16H24IN7. The summed E-state index contributed by atoms with van der Waals surface area (Å²) in [6, 6.07) is 4.32. The van der Waals surface area contributed by atoms with E-state index in [-0.39, 0.29) is 24.0 Å². The van der Waals surface area contributed by atoms with Crippen molar-refractivity contribution in [1.29, 1.82) is 0 Å². The Hall–Kier alpha value is -1.71. The summed E-state index contributed by atoms with van der Waals surface area (Å²) in [5.41, 5.74) is 2.21. The van der Waals surface area contributed by atoms with E-state index >= 15 is 0 Å². The van der Waals surface area contributed by atoms with Gasteiger partial charge in [-0.25, -0.2) is 9.67 Å². The number of nitrogens with one attached hydrogen (secondary N) is 2. The number of hydrogen-bond donors (Lipinski definition) is 2. The summed E-state index contributed by atoms with van der Waals surface area (Å²) < 4.78 is 1.99. The van der Waals surface area contributed by atoms with Gasteiger partial charge in [0.15, 0.2) is 5.96 Å². The van der Waals surface area contributed by atoms with Gasteiger partial charge in [0.05, 0.1) is 18.8 Å². The van der Waals surface area contributed by atoms with Crippen LogP contribution in [0.4, 0.5) is 0 Å². The van der Waals surface area contributed by atoms with Gasteiger partial charge in [0.2, 0.25) is 0 Å². The first-order chi connectivity index (χ1) is 11.2. The maximum absolute atomic E-state index is 4.44. The number of nitrogens with zero attached hydrogens (tertiary/aromatic N) is 5. The molecule has 0 saturated heterocycles. The molecule has 0 amide bonds. The smallest absolute Gasteiger partial charge is 0.191 e. The highest BCUT2D eigenvalue weighted by Crippen LogP contribution is 2.12. The lowest BCUT2D eigenvalue weighted by Crippen LogP contribution is -2.46. The number of pyridine rings is 1. The van der Waals surface area contributed by atoms with Crippen molar-refractivity contribution in [3.63, 3.8) is 0 Å². The Morgan fingerprint density at radius 3 is 3.00 bits per heavy atom. The van der Waals surface area contributed by atoms with Gasteiger partial charge in [0.1, 0.15) is 11.6 Å². The first-order valence-electron chi connectivity index (χ1n) is 7.93. The number of fused-ring (bicyclic) bond motifs is 1. The van der Waals surface area contributed by atoms with Crippen LogP contribution in [0.15, 0.2) is 23.3 Å². The number of aryl methyl sites for hydroxylation is 3. The van der Waals surface area contributed by atoms with Crippen LogP contribution < -0.4 is 10.6 Å². The van der Waals surface area contributed by atoms with E-state index in [1.807, 2.05) is 23.9 Å². The SMILES string of the molecule is CN=C(NCc1ncccc1C)NC1CCc2nc(C)nn2C1.I. The molecule has 130 valence electrons. The number of rotatable bonds is 3. The van der Waals surface area contributed by atoms with Crippen molar-refractivity contribution in [2.24, 2.45) is 4.99 Å². The molecule has 0 radical (unpaired) electrons. The molecule has 0 aliphatic carbocycles. The Balaban J connectivity index is 0.00000208. The number of aromatic nitrogens is 4. The average molecular weight is 441 g/mol. The van der Waals surface area contributed by atoms with Crippen LogP contribution in [0.3, 0.4) is 0 Å². The minimum absolute atomic E-state index is 0. The highest BCUT2D eigenvalue weighted by atomic mass is 127. The van der Waals surface area contributed by atoms with E-state index in [4.69, 9.17) is 0 Å². The van der Waals surface area contributed by atoms with Gasteiger partial charge < -0.3 is 10.6 Å². The van der Waals surface area contributed by atoms with Crippen molar-refractivity contribution in [2.45, 2.75) is 45.8 Å². The van der Waals surface area contributed by atoms with Crippen LogP contribution in [0.2, 0.25) is 0 Å². The molecule has 0 bridgehead atoms. The summed E-state index contributed by atoms with van der Waals surface area (Å²) in [5.74, 6) is 2.71. The standard InChI is InChI=1S/C16H23N7.HI/c1-11-5-4-8-18-14(11)9-19-16(17-3)21-13-6-7-15-20-12(2)22-23(15)10-13;/h4-5,8,13H,6-7,9-10H2,1-3H3,(H2,17,19,21);1H. The van der Waals surface area contributed by atoms with E-state index in [0.717, 1.165) is 42.7 Å². The van der Waals surface area contributed by atoms with Crippen LogP contribution in [-0.4, -0.2) is 38.8 Å². The Labute approximate surface area is 159 Å². The van der Waals surface area contributed by atoms with Crippen LogP contribution in [0.25, 0.3) is 0 Å². The van der Waals surface area contributed by atoms with Gasteiger partial charge in [-0.2, -0.15) is 5.10 Å². The predicted molar refractivity (Wildman–Crippen MR) is 105 cm³/mol. The minimum atomic E-state index is 0. The van der Waals surface area contributed by atoms with Crippen molar-refractivity contribution in [2.75, 3.05) is 7.05 Å². The number of aliphatic imine (C=N–C) groups is 1. The lowest BCUT2D eigenvalue weighted by molar-refractivity contribution is 0.392. The van der Waals surface area contributed by atoms with Crippen LogP contribution in [0, 0.1) is 13.8 Å². The third-order valence-corrected chi connectivity index (χ3v) is 4.07. The summed E-state index contributed by atoms with van der Waals surface area (Å²) in [4.78, 5) is 13.1. The number of hydrogen-bond acceptors (Lipinski definition) is 4. The van der Waals surface area contributed by atoms with E-state index in [9.17, 15) is 0 Å². The fourth-order valence-electron chi connectivity index (χ4n) is 2.81. The molecule has 2 N–H and O–H groups in total. The summed E-state index contributed by atoms with van der Waals surface area (Å²) in [6.45, 7) is 5.48. The Morgan fingerprint density at radius 2 is 2.25 bits per heavy atom. The molecule has 0 fully saturated rings. The molecule has 1 aliphatic heterocycles. The van der Waals surface area contributed by atoms with Gasteiger partial charge in [0.25, 0.3) is 0 Å². The highest BCUT2D eigenvalue weighted by molar-refractivity contribution is 14.0. The van der Waals surface area contributed by atoms with Gasteiger partial charge in [-0.3, -0.25) is 9.98 Å². The van der Waals surface area contributed by atoms with E-state index < -0.39 is 0 Å². The topological polar surface area (TPSA) is 80.0 Å². The molecule has 24 heavy (non-hydrogen) atoms. The Kier molecular flexibility index (Phi) is 6.52. The third-order valence-electron chi connectivity index (χ3n) is 4.07. The van der Waals surface area contributed by atoms with Gasteiger partial charge in [0, 0.05) is 25.7 Å². The fraction of sp³-hybridized carbons (Fsp3) is 0.500. The van der Waals surface area contributed by atoms with Gasteiger partial charge in [-0.05, 0) is 31.9 Å². The zero-order valence-corrected chi connectivity index (χ0v) is 16.6. The fourth-order valence-corrected chi connectivity index (χ4v) is 2.81. The van der Waals surface area contributed by atoms with E-state index in [1.54, 1.807) is 7.05 Å². The quantitative estimate of drug-likeness (QED) is 0.430. The van der Waals surface area contributed by atoms with Crippen molar-refractivity contribution in [3.05, 3.63) is 41.2 Å². The molecule has 8 heteroatoms. The molecule has 0 aromatic carbocycles. The first-order valence-corrected chi connectivity index (χ1v) is 7.93. The van der Waals surface area contributed by atoms with Crippen molar-refractivity contribution >= 4 is 29.9 Å². The summed E-state index contributed by atoms with van der Waals surface area (Å²) in [6.07, 6.45) is 3.78. The number of halogens is 1. The van der Waals surface area contributed by atoms with E-state index in [2.05, 4.69) is 43.7 Å². The predicted octanol–water partition coefficient (Wildman–Crippen LogP) is 1.59. The highest BCUT2D eigenvalue weighted by Gasteiger charge is 2.21. The number of guanidine groups is 1. The summed E-state index contributed by atoms with van der Waals surface area (Å²) >= 11 is 0. The third kappa shape index (κ3) is 4.43. The molecule has 1 atom stereocenters. The molecule has 3 heterocycles. The normalized spacial score (nSPS) is 17.0. The Morgan fingerprint density at radius 1 is 1.42 bits per heavy atom. The molecule has 7 nitrogen and oxygen atoms in total. The molecule has 1 unspecified atom stereocenters. The largest absolute Gasteiger partial charge is 0.352 e. The average Bonchev–Trinajstić information content (AvgIpc) is 2.92. The summed E-state index contributed by atoms with van der Waals surface area (Å²) in [5, 5.41) is 11.2. The molecule has 2 aromatic rings. The van der Waals surface area contributed by atoms with E-state index in [1.165, 1.54) is 5.56 Å². The van der Waals surface area contributed by atoms with Crippen molar-refractivity contribution in [1.82, 2.24) is 30.4 Å². The van der Waals surface area contributed by atoms with Gasteiger partial charge in [-0.1, -0.05) is 6.07 Å². The van der Waals surface area contributed by atoms with Crippen LogP contribution in [0.5, 0.6) is 0 Å². The second-order valence-corrected chi connectivity index (χ2v) is 5.83.